The molecule has 0 aliphatic heterocycles. The second-order valence-corrected chi connectivity index (χ2v) is 4.55. The average Bonchev–Trinajstić information content (AvgIpc) is 2.27. The SMILES string of the molecule is CCOC(C)(C)CNc1ccc(C(=O)O)cc1F. The molecule has 0 heterocycles. The van der Waals surface area contributed by atoms with E-state index in [1.165, 1.54) is 12.1 Å². The summed E-state index contributed by atoms with van der Waals surface area (Å²) in [4.78, 5) is 10.7. The molecule has 0 fully saturated rings. The van der Waals surface area contributed by atoms with E-state index >= 15 is 0 Å². The van der Waals surface area contributed by atoms with Gasteiger partial charge in [0.05, 0.1) is 16.9 Å². The predicted octanol–water partition coefficient (Wildman–Crippen LogP) is 2.75. The first-order valence-corrected chi connectivity index (χ1v) is 5.76. The summed E-state index contributed by atoms with van der Waals surface area (Å²) in [5, 5.41) is 11.6. The molecule has 0 saturated heterocycles. The van der Waals surface area contributed by atoms with Gasteiger partial charge < -0.3 is 15.2 Å². The molecule has 0 bridgehead atoms. The highest BCUT2D eigenvalue weighted by molar-refractivity contribution is 5.88. The van der Waals surface area contributed by atoms with Crippen LogP contribution < -0.4 is 5.32 Å². The number of ether oxygens (including phenoxy) is 1. The normalized spacial score (nSPS) is 11.3. The lowest BCUT2D eigenvalue weighted by Crippen LogP contribution is -2.33. The second-order valence-electron chi connectivity index (χ2n) is 4.55. The van der Waals surface area contributed by atoms with Gasteiger partial charge in [-0.3, -0.25) is 0 Å². The van der Waals surface area contributed by atoms with Gasteiger partial charge in [-0.05, 0) is 39.0 Å². The number of hydrogen-bond donors (Lipinski definition) is 2. The summed E-state index contributed by atoms with van der Waals surface area (Å²) in [6.45, 7) is 6.70. The van der Waals surface area contributed by atoms with Crippen molar-refractivity contribution in [1.29, 1.82) is 0 Å². The van der Waals surface area contributed by atoms with Crippen molar-refractivity contribution in [2.45, 2.75) is 26.4 Å². The van der Waals surface area contributed by atoms with Crippen molar-refractivity contribution in [3.05, 3.63) is 29.6 Å². The van der Waals surface area contributed by atoms with Crippen molar-refractivity contribution in [1.82, 2.24) is 0 Å². The molecule has 0 aliphatic rings. The monoisotopic (exact) mass is 255 g/mol. The Labute approximate surface area is 106 Å². The van der Waals surface area contributed by atoms with Crippen molar-refractivity contribution in [2.75, 3.05) is 18.5 Å². The number of hydrogen-bond acceptors (Lipinski definition) is 3. The van der Waals surface area contributed by atoms with Crippen molar-refractivity contribution >= 4 is 11.7 Å². The van der Waals surface area contributed by atoms with E-state index in [-0.39, 0.29) is 11.3 Å². The van der Waals surface area contributed by atoms with E-state index in [0.29, 0.717) is 13.2 Å². The number of aromatic carboxylic acids is 1. The minimum atomic E-state index is -1.14. The van der Waals surface area contributed by atoms with Crippen molar-refractivity contribution in [3.63, 3.8) is 0 Å². The first kappa shape index (κ1) is 14.4. The van der Waals surface area contributed by atoms with Gasteiger partial charge in [0.2, 0.25) is 0 Å². The van der Waals surface area contributed by atoms with Gasteiger partial charge >= 0.3 is 5.97 Å². The summed E-state index contributed by atoms with van der Waals surface area (Å²) in [5.41, 5.74) is -0.206. The number of carboxylic acids is 1. The molecule has 0 atom stereocenters. The number of anilines is 1. The third-order valence-electron chi connectivity index (χ3n) is 2.46. The summed E-state index contributed by atoms with van der Waals surface area (Å²) < 4.78 is 19.1. The number of carbonyl (C=O) groups is 1. The topological polar surface area (TPSA) is 58.6 Å². The van der Waals surface area contributed by atoms with Gasteiger partial charge in [0.1, 0.15) is 5.82 Å². The fourth-order valence-corrected chi connectivity index (χ4v) is 1.54. The third-order valence-corrected chi connectivity index (χ3v) is 2.46. The predicted molar refractivity (Wildman–Crippen MR) is 67.6 cm³/mol. The van der Waals surface area contributed by atoms with Crippen molar-refractivity contribution < 1.29 is 19.0 Å². The Hall–Kier alpha value is -1.62. The van der Waals surface area contributed by atoms with E-state index in [9.17, 15) is 9.18 Å². The summed E-state index contributed by atoms with van der Waals surface area (Å²) in [7, 11) is 0. The smallest absolute Gasteiger partial charge is 0.335 e. The van der Waals surface area contributed by atoms with Gasteiger partial charge in [-0.25, -0.2) is 9.18 Å². The molecule has 1 aromatic rings. The van der Waals surface area contributed by atoms with Crippen molar-refractivity contribution in [3.8, 4) is 0 Å². The van der Waals surface area contributed by atoms with Crippen LogP contribution in [0.3, 0.4) is 0 Å². The number of rotatable bonds is 6. The summed E-state index contributed by atoms with van der Waals surface area (Å²) in [5.74, 6) is -1.72. The fourth-order valence-electron chi connectivity index (χ4n) is 1.54. The molecule has 2 N–H and O–H groups in total. The van der Waals surface area contributed by atoms with E-state index in [2.05, 4.69) is 5.32 Å². The zero-order chi connectivity index (χ0) is 13.8. The Kier molecular flexibility index (Phi) is 4.67. The van der Waals surface area contributed by atoms with Crippen LogP contribution in [0.25, 0.3) is 0 Å². The van der Waals surface area contributed by atoms with Crippen molar-refractivity contribution in [2.24, 2.45) is 0 Å². The van der Waals surface area contributed by atoms with Crippen LogP contribution in [-0.2, 0) is 4.74 Å². The van der Waals surface area contributed by atoms with Gasteiger partial charge in [0.15, 0.2) is 0 Å². The highest BCUT2D eigenvalue weighted by Crippen LogP contribution is 2.18. The first-order chi connectivity index (χ1) is 8.35. The summed E-state index contributed by atoms with van der Waals surface area (Å²) in [6.07, 6.45) is 0. The molecule has 4 nitrogen and oxygen atoms in total. The van der Waals surface area contributed by atoms with Crippen LogP contribution in [0.5, 0.6) is 0 Å². The number of benzene rings is 1. The van der Waals surface area contributed by atoms with Crippen LogP contribution >= 0.6 is 0 Å². The third kappa shape index (κ3) is 4.00. The first-order valence-electron chi connectivity index (χ1n) is 5.76. The maximum absolute atomic E-state index is 13.6. The molecule has 0 radical (unpaired) electrons. The molecule has 0 unspecified atom stereocenters. The Morgan fingerprint density at radius 3 is 2.67 bits per heavy atom. The lowest BCUT2D eigenvalue weighted by Gasteiger charge is -2.25. The van der Waals surface area contributed by atoms with E-state index in [0.717, 1.165) is 6.07 Å². The molecule has 5 heteroatoms. The summed E-state index contributed by atoms with van der Waals surface area (Å²) in [6, 6.07) is 3.78. The Bertz CT molecular complexity index is 432. The average molecular weight is 255 g/mol. The molecule has 1 rings (SSSR count). The van der Waals surface area contributed by atoms with E-state index in [4.69, 9.17) is 9.84 Å². The molecule has 0 aliphatic carbocycles. The van der Waals surface area contributed by atoms with Gasteiger partial charge in [-0.1, -0.05) is 0 Å². The zero-order valence-electron chi connectivity index (χ0n) is 10.8. The summed E-state index contributed by atoms with van der Waals surface area (Å²) >= 11 is 0. The molecule has 0 spiro atoms. The molecule has 0 amide bonds. The maximum atomic E-state index is 13.6. The molecule has 100 valence electrons. The van der Waals surface area contributed by atoms with Crippen LogP contribution in [0, 0.1) is 5.82 Å². The second kappa shape index (κ2) is 5.82. The van der Waals surface area contributed by atoms with Gasteiger partial charge in [-0.2, -0.15) is 0 Å². The van der Waals surface area contributed by atoms with Crippen LogP contribution in [0.1, 0.15) is 31.1 Å². The highest BCUT2D eigenvalue weighted by Gasteiger charge is 2.18. The van der Waals surface area contributed by atoms with E-state index in [1.54, 1.807) is 0 Å². The minimum Gasteiger partial charge on any atom is -0.478 e. The van der Waals surface area contributed by atoms with Gasteiger partial charge in [-0.15, -0.1) is 0 Å². The lowest BCUT2D eigenvalue weighted by atomic mass is 10.1. The quantitative estimate of drug-likeness (QED) is 0.820. The van der Waals surface area contributed by atoms with E-state index < -0.39 is 17.4 Å². The number of carboxylic acid groups (broad SMARTS) is 1. The van der Waals surface area contributed by atoms with Gasteiger partial charge in [0, 0.05) is 13.2 Å². The Morgan fingerprint density at radius 1 is 1.50 bits per heavy atom. The Morgan fingerprint density at radius 2 is 2.17 bits per heavy atom. The number of nitrogens with one attached hydrogen (secondary N) is 1. The lowest BCUT2D eigenvalue weighted by molar-refractivity contribution is 0.000654. The molecule has 1 aromatic carbocycles. The Balaban J connectivity index is 2.71. The highest BCUT2D eigenvalue weighted by atomic mass is 19.1. The largest absolute Gasteiger partial charge is 0.478 e. The van der Waals surface area contributed by atoms with Gasteiger partial charge in [0.25, 0.3) is 0 Å². The zero-order valence-corrected chi connectivity index (χ0v) is 10.8. The molecule has 0 saturated carbocycles. The fraction of sp³-hybridized carbons (Fsp3) is 0.462. The molecular formula is C13H18FNO3. The molecule has 0 aromatic heterocycles. The maximum Gasteiger partial charge on any atom is 0.335 e. The molecule has 18 heavy (non-hydrogen) atoms. The van der Waals surface area contributed by atoms with E-state index in [1.807, 2.05) is 20.8 Å². The number of halogens is 1. The van der Waals surface area contributed by atoms with Crippen LogP contribution in [-0.4, -0.2) is 29.8 Å². The van der Waals surface area contributed by atoms with Crippen LogP contribution in [0.4, 0.5) is 10.1 Å². The van der Waals surface area contributed by atoms with Crippen LogP contribution in [0.2, 0.25) is 0 Å². The van der Waals surface area contributed by atoms with Crippen LogP contribution in [0.15, 0.2) is 18.2 Å². The standard InChI is InChI=1S/C13H18FNO3/c1-4-18-13(2,3)8-15-11-6-5-9(12(16)17)7-10(11)14/h5-7,15H,4,8H2,1-3H3,(H,16,17). The molecular weight excluding hydrogens is 237 g/mol. The minimum absolute atomic E-state index is 0.0675.